The Kier molecular flexibility index (Phi) is 7.75. The van der Waals surface area contributed by atoms with Crippen LogP contribution in [-0.2, 0) is 0 Å². The van der Waals surface area contributed by atoms with Gasteiger partial charge < -0.3 is 20.0 Å². The van der Waals surface area contributed by atoms with Crippen LogP contribution in [0.4, 0.5) is 11.4 Å². The third-order valence-corrected chi connectivity index (χ3v) is 3.69. The molecule has 0 aliphatic heterocycles. The fourth-order valence-electron chi connectivity index (χ4n) is 2.30. The monoisotopic (exact) mass is 330 g/mol. The van der Waals surface area contributed by atoms with Crippen LogP contribution in [0.5, 0.6) is 0 Å². The minimum absolute atomic E-state index is 0.697. The van der Waals surface area contributed by atoms with Gasteiger partial charge in [0.15, 0.2) is 0 Å². The molecule has 0 bridgehead atoms. The van der Waals surface area contributed by atoms with E-state index < -0.39 is 12.5 Å². The first kappa shape index (κ1) is 20.0. The summed E-state index contributed by atoms with van der Waals surface area (Å²) in [4.78, 5) is 3.64. The van der Waals surface area contributed by atoms with E-state index in [4.69, 9.17) is 0 Å². The van der Waals surface area contributed by atoms with E-state index in [0.717, 1.165) is 11.3 Å². The van der Waals surface area contributed by atoms with Gasteiger partial charge in [-0.25, -0.2) is 0 Å². The number of aliphatic hydroxyl groups is 2. The average Bonchev–Trinajstić information content (AvgIpc) is 2.50. The summed E-state index contributed by atoms with van der Waals surface area (Å²) in [5, 5.41) is 18.9. The Morgan fingerprint density at radius 3 is 1.29 bits per heavy atom. The van der Waals surface area contributed by atoms with Crippen molar-refractivity contribution in [3.8, 4) is 0 Å². The number of hydrogen-bond acceptors (Lipinski definition) is 4. The largest absolute Gasteiger partial charge is 0.378 e. The molecule has 0 heterocycles. The first-order chi connectivity index (χ1) is 11.2. The SMILES string of the molecule is Cc1ccc(N(C(C)O)C(C)O)cc1.Cc1ccc(N(C)C)cc1. The van der Waals surface area contributed by atoms with Gasteiger partial charge in [0.1, 0.15) is 12.5 Å². The third kappa shape index (κ3) is 6.22. The molecule has 0 fully saturated rings. The first-order valence-corrected chi connectivity index (χ1v) is 8.17. The van der Waals surface area contributed by atoms with Gasteiger partial charge in [0.05, 0.1) is 0 Å². The maximum atomic E-state index is 9.47. The standard InChI is InChI=1S/C11H17NO2.C9H13N/c1-8-4-6-11(7-5-8)12(9(2)13)10(3)14;1-8-4-6-9(7-5-8)10(2)3/h4-7,9-10,13-14H,1-3H3;4-7H,1-3H3. The quantitative estimate of drug-likeness (QED) is 0.842. The zero-order chi connectivity index (χ0) is 18.3. The summed E-state index contributed by atoms with van der Waals surface area (Å²) in [6.45, 7) is 7.36. The average molecular weight is 330 g/mol. The molecular weight excluding hydrogens is 300 g/mol. The summed E-state index contributed by atoms with van der Waals surface area (Å²) in [5.41, 5.74) is 4.54. The third-order valence-electron chi connectivity index (χ3n) is 3.69. The number of aliphatic hydroxyl groups excluding tert-OH is 2. The minimum atomic E-state index is -0.697. The molecule has 2 atom stereocenters. The van der Waals surface area contributed by atoms with E-state index in [1.807, 2.05) is 45.3 Å². The minimum Gasteiger partial charge on any atom is -0.378 e. The summed E-state index contributed by atoms with van der Waals surface area (Å²) >= 11 is 0. The molecule has 24 heavy (non-hydrogen) atoms. The van der Waals surface area contributed by atoms with E-state index in [2.05, 4.69) is 36.1 Å². The molecule has 0 saturated heterocycles. The lowest BCUT2D eigenvalue weighted by Gasteiger charge is -2.30. The van der Waals surface area contributed by atoms with E-state index in [1.165, 1.54) is 11.3 Å². The van der Waals surface area contributed by atoms with Crippen LogP contribution in [-0.4, -0.2) is 36.8 Å². The molecule has 132 valence electrons. The maximum absolute atomic E-state index is 9.47. The van der Waals surface area contributed by atoms with Crippen molar-refractivity contribution >= 4 is 11.4 Å². The molecule has 2 aromatic carbocycles. The van der Waals surface area contributed by atoms with Gasteiger partial charge in [-0.1, -0.05) is 35.4 Å². The van der Waals surface area contributed by atoms with E-state index in [1.54, 1.807) is 18.7 Å². The van der Waals surface area contributed by atoms with Gasteiger partial charge in [-0.3, -0.25) is 0 Å². The van der Waals surface area contributed by atoms with Crippen molar-refractivity contribution in [1.29, 1.82) is 0 Å². The molecule has 2 aromatic rings. The van der Waals surface area contributed by atoms with Crippen LogP contribution in [0, 0.1) is 13.8 Å². The number of anilines is 2. The lowest BCUT2D eigenvalue weighted by atomic mass is 10.2. The highest BCUT2D eigenvalue weighted by Gasteiger charge is 2.15. The molecule has 0 aliphatic carbocycles. The Balaban J connectivity index is 0.000000254. The molecule has 0 aromatic heterocycles. The fourth-order valence-corrected chi connectivity index (χ4v) is 2.30. The Labute approximate surface area is 146 Å². The predicted octanol–water partition coefficient (Wildman–Crippen LogP) is 3.54. The predicted molar refractivity (Wildman–Crippen MR) is 103 cm³/mol. The van der Waals surface area contributed by atoms with Crippen molar-refractivity contribution in [2.75, 3.05) is 23.9 Å². The Morgan fingerprint density at radius 2 is 1.00 bits per heavy atom. The van der Waals surface area contributed by atoms with Crippen LogP contribution in [0.25, 0.3) is 0 Å². The second-order valence-corrected chi connectivity index (χ2v) is 6.24. The lowest BCUT2D eigenvalue weighted by molar-refractivity contribution is 0.105. The molecule has 0 spiro atoms. The Hall–Kier alpha value is -2.04. The highest BCUT2D eigenvalue weighted by molar-refractivity contribution is 5.48. The summed E-state index contributed by atoms with van der Waals surface area (Å²) < 4.78 is 0. The number of hydrogen-bond donors (Lipinski definition) is 2. The molecule has 2 rings (SSSR count). The van der Waals surface area contributed by atoms with Gasteiger partial charge in [-0.15, -0.1) is 0 Å². The molecule has 0 amide bonds. The molecule has 2 N–H and O–H groups in total. The molecule has 0 saturated carbocycles. The van der Waals surface area contributed by atoms with Gasteiger partial charge >= 0.3 is 0 Å². The summed E-state index contributed by atoms with van der Waals surface area (Å²) in [5.74, 6) is 0. The van der Waals surface area contributed by atoms with E-state index in [0.29, 0.717) is 0 Å². The Bertz CT molecular complexity index is 582. The number of rotatable bonds is 4. The molecule has 2 unspecified atom stereocenters. The lowest BCUT2D eigenvalue weighted by Crippen LogP contribution is -2.40. The van der Waals surface area contributed by atoms with Gasteiger partial charge in [0.25, 0.3) is 0 Å². The number of nitrogens with zero attached hydrogens (tertiary/aromatic N) is 2. The van der Waals surface area contributed by atoms with Gasteiger partial charge in [0.2, 0.25) is 0 Å². The van der Waals surface area contributed by atoms with Crippen molar-refractivity contribution in [2.24, 2.45) is 0 Å². The smallest absolute Gasteiger partial charge is 0.126 e. The fraction of sp³-hybridized carbons (Fsp3) is 0.400. The molecule has 0 radical (unpaired) electrons. The highest BCUT2D eigenvalue weighted by Crippen LogP contribution is 2.18. The zero-order valence-corrected chi connectivity index (χ0v) is 15.6. The molecular formula is C20H30N2O2. The summed E-state index contributed by atoms with van der Waals surface area (Å²) in [7, 11) is 4.09. The van der Waals surface area contributed by atoms with Crippen LogP contribution in [0.15, 0.2) is 48.5 Å². The first-order valence-electron chi connectivity index (χ1n) is 8.17. The van der Waals surface area contributed by atoms with Crippen molar-refractivity contribution in [3.63, 3.8) is 0 Å². The van der Waals surface area contributed by atoms with E-state index in [9.17, 15) is 10.2 Å². The highest BCUT2D eigenvalue weighted by atomic mass is 16.3. The zero-order valence-electron chi connectivity index (χ0n) is 15.6. The van der Waals surface area contributed by atoms with Gasteiger partial charge in [-0.05, 0) is 52.0 Å². The van der Waals surface area contributed by atoms with Crippen molar-refractivity contribution in [2.45, 2.75) is 40.2 Å². The summed E-state index contributed by atoms with van der Waals surface area (Å²) in [6, 6.07) is 16.2. The second-order valence-electron chi connectivity index (χ2n) is 6.24. The van der Waals surface area contributed by atoms with Gasteiger partial charge in [0, 0.05) is 25.5 Å². The summed E-state index contributed by atoms with van der Waals surface area (Å²) in [6.07, 6.45) is -1.39. The number of aryl methyl sites for hydroxylation is 2. The van der Waals surface area contributed by atoms with Gasteiger partial charge in [-0.2, -0.15) is 0 Å². The van der Waals surface area contributed by atoms with Crippen LogP contribution in [0.2, 0.25) is 0 Å². The maximum Gasteiger partial charge on any atom is 0.126 e. The van der Waals surface area contributed by atoms with Crippen LogP contribution >= 0.6 is 0 Å². The van der Waals surface area contributed by atoms with E-state index >= 15 is 0 Å². The van der Waals surface area contributed by atoms with E-state index in [-0.39, 0.29) is 0 Å². The topological polar surface area (TPSA) is 46.9 Å². The second kappa shape index (κ2) is 9.30. The van der Waals surface area contributed by atoms with Crippen molar-refractivity contribution < 1.29 is 10.2 Å². The van der Waals surface area contributed by atoms with Crippen molar-refractivity contribution in [1.82, 2.24) is 0 Å². The normalized spacial score (nSPS) is 12.7. The van der Waals surface area contributed by atoms with Crippen LogP contribution < -0.4 is 9.80 Å². The molecule has 4 heteroatoms. The van der Waals surface area contributed by atoms with Crippen molar-refractivity contribution in [3.05, 3.63) is 59.7 Å². The Morgan fingerprint density at radius 1 is 0.667 bits per heavy atom. The molecule has 4 nitrogen and oxygen atoms in total. The van der Waals surface area contributed by atoms with Crippen LogP contribution in [0.1, 0.15) is 25.0 Å². The van der Waals surface area contributed by atoms with Crippen LogP contribution in [0.3, 0.4) is 0 Å². The number of benzene rings is 2. The molecule has 0 aliphatic rings.